The summed E-state index contributed by atoms with van der Waals surface area (Å²) in [7, 11) is 0. The van der Waals surface area contributed by atoms with E-state index in [1.807, 2.05) is 10.8 Å². The fourth-order valence-corrected chi connectivity index (χ4v) is 3.27. The summed E-state index contributed by atoms with van der Waals surface area (Å²) in [6.45, 7) is 5.27. The fraction of sp³-hybridized carbons (Fsp3) is 0.389. The minimum absolute atomic E-state index is 0.102. The lowest BCUT2D eigenvalue weighted by molar-refractivity contribution is 0.0775. The summed E-state index contributed by atoms with van der Waals surface area (Å²) in [4.78, 5) is 21.4. The third-order valence-electron chi connectivity index (χ3n) is 4.51. The normalized spacial score (nSPS) is 20.2. The van der Waals surface area contributed by atoms with Crippen molar-refractivity contribution in [1.29, 1.82) is 0 Å². The van der Waals surface area contributed by atoms with Gasteiger partial charge in [-0.2, -0.15) is 0 Å². The molecular weight excluding hydrogens is 320 g/mol. The van der Waals surface area contributed by atoms with Crippen molar-refractivity contribution < 1.29 is 13.9 Å². The molecule has 0 unspecified atom stereocenters. The van der Waals surface area contributed by atoms with Crippen LogP contribution in [-0.2, 0) is 11.3 Å². The monoisotopic (exact) mass is 340 g/mol. The number of amides is 1. The highest BCUT2D eigenvalue weighted by Gasteiger charge is 2.34. The first-order valence-corrected chi connectivity index (χ1v) is 8.46. The average molecular weight is 340 g/mol. The molecule has 3 aromatic rings. The van der Waals surface area contributed by atoms with Crippen molar-refractivity contribution in [2.24, 2.45) is 0 Å². The summed E-state index contributed by atoms with van der Waals surface area (Å²) in [5.74, 6) is 1.30. The molecule has 2 atom stereocenters. The molecule has 1 saturated heterocycles. The number of aromatic nitrogens is 3. The predicted octanol–water partition coefficient (Wildman–Crippen LogP) is 2.61. The van der Waals surface area contributed by atoms with Gasteiger partial charge in [0.15, 0.2) is 11.5 Å². The largest absolute Gasteiger partial charge is 0.441 e. The van der Waals surface area contributed by atoms with Gasteiger partial charge in [-0.15, -0.1) is 0 Å². The van der Waals surface area contributed by atoms with Gasteiger partial charge in [-0.25, -0.2) is 9.97 Å². The Hall–Kier alpha value is -2.67. The zero-order valence-electron chi connectivity index (χ0n) is 14.2. The van der Waals surface area contributed by atoms with Crippen molar-refractivity contribution >= 4 is 17.0 Å². The number of hydrogen-bond acceptors (Lipinski definition) is 5. The van der Waals surface area contributed by atoms with E-state index in [0.717, 1.165) is 18.8 Å². The number of rotatable bonds is 4. The van der Waals surface area contributed by atoms with Crippen molar-refractivity contribution in [3.8, 4) is 0 Å². The van der Waals surface area contributed by atoms with Crippen molar-refractivity contribution in [2.75, 3.05) is 6.61 Å². The molecule has 0 bridgehead atoms. The van der Waals surface area contributed by atoms with Crippen LogP contribution in [0.1, 0.15) is 41.5 Å². The van der Waals surface area contributed by atoms with Crippen LogP contribution >= 0.6 is 0 Å². The molecule has 1 N–H and O–H groups in total. The highest BCUT2D eigenvalue weighted by atomic mass is 16.5. The van der Waals surface area contributed by atoms with Crippen LogP contribution in [0.5, 0.6) is 0 Å². The van der Waals surface area contributed by atoms with E-state index in [9.17, 15) is 4.79 Å². The Balaban J connectivity index is 1.54. The first-order valence-electron chi connectivity index (χ1n) is 8.46. The van der Waals surface area contributed by atoms with Gasteiger partial charge >= 0.3 is 0 Å². The van der Waals surface area contributed by atoms with Gasteiger partial charge in [-0.1, -0.05) is 0 Å². The molecular formula is C18H20N4O3. The topological polar surface area (TPSA) is 82.2 Å². The van der Waals surface area contributed by atoms with E-state index in [1.54, 1.807) is 31.3 Å². The van der Waals surface area contributed by atoms with Gasteiger partial charge in [-0.3, -0.25) is 4.79 Å². The lowest BCUT2D eigenvalue weighted by atomic mass is 10.1. The molecule has 2 aromatic heterocycles. The second-order valence-electron chi connectivity index (χ2n) is 6.15. The minimum atomic E-state index is -0.225. The summed E-state index contributed by atoms with van der Waals surface area (Å²) < 4.78 is 13.3. The quantitative estimate of drug-likeness (QED) is 0.789. The van der Waals surface area contributed by atoms with Crippen LogP contribution < -0.4 is 5.32 Å². The van der Waals surface area contributed by atoms with E-state index in [0.29, 0.717) is 29.2 Å². The van der Waals surface area contributed by atoms with Crippen LogP contribution in [0.4, 0.5) is 0 Å². The number of benzene rings is 1. The predicted molar refractivity (Wildman–Crippen MR) is 91.2 cm³/mol. The second kappa shape index (κ2) is 6.33. The Labute approximate surface area is 145 Å². The van der Waals surface area contributed by atoms with Crippen molar-refractivity contribution in [2.45, 2.75) is 39.0 Å². The van der Waals surface area contributed by atoms with E-state index < -0.39 is 0 Å². The number of carbonyl (C=O) groups excluding carboxylic acids is 1. The maximum Gasteiger partial charge on any atom is 0.251 e. The number of fused-ring (bicyclic) bond motifs is 1. The molecule has 0 radical (unpaired) electrons. The van der Waals surface area contributed by atoms with E-state index >= 15 is 0 Å². The van der Waals surface area contributed by atoms with Crippen molar-refractivity contribution in [3.05, 3.63) is 47.9 Å². The van der Waals surface area contributed by atoms with E-state index in [2.05, 4.69) is 22.2 Å². The van der Waals surface area contributed by atoms with E-state index in [1.165, 1.54) is 0 Å². The van der Waals surface area contributed by atoms with Gasteiger partial charge in [0, 0.05) is 38.0 Å². The smallest absolute Gasteiger partial charge is 0.251 e. The Morgan fingerprint density at radius 3 is 3.16 bits per heavy atom. The summed E-state index contributed by atoms with van der Waals surface area (Å²) >= 11 is 0. The molecule has 130 valence electrons. The molecule has 3 heterocycles. The summed E-state index contributed by atoms with van der Waals surface area (Å²) in [5.41, 5.74) is 1.93. The second-order valence-corrected chi connectivity index (χ2v) is 6.15. The van der Waals surface area contributed by atoms with Crippen molar-refractivity contribution in [1.82, 2.24) is 19.9 Å². The number of aryl methyl sites for hydroxylation is 2. The van der Waals surface area contributed by atoms with Crippen LogP contribution in [0.3, 0.4) is 0 Å². The molecule has 1 aliphatic rings. The molecule has 0 saturated carbocycles. The fourth-order valence-electron chi connectivity index (χ4n) is 3.27. The Bertz CT molecular complexity index is 914. The molecule has 0 spiro atoms. The van der Waals surface area contributed by atoms with Crippen LogP contribution in [0.15, 0.2) is 35.0 Å². The number of carbonyl (C=O) groups is 1. The lowest BCUT2D eigenvalue weighted by Gasteiger charge is -2.20. The molecule has 1 fully saturated rings. The van der Waals surface area contributed by atoms with Crippen LogP contribution in [-0.4, -0.2) is 33.1 Å². The molecule has 1 aliphatic heterocycles. The summed E-state index contributed by atoms with van der Waals surface area (Å²) in [6.07, 6.45) is 4.23. The SMILES string of the molecule is CCn1ccnc1[C@H]1OCC[C@@H]1NC(=O)c1ccc2oc(C)nc2c1. The van der Waals surface area contributed by atoms with Gasteiger partial charge in [0.2, 0.25) is 0 Å². The molecule has 7 heteroatoms. The maximum absolute atomic E-state index is 12.7. The molecule has 1 amide bonds. The van der Waals surface area contributed by atoms with Crippen molar-refractivity contribution in [3.63, 3.8) is 0 Å². The highest BCUT2D eigenvalue weighted by molar-refractivity contribution is 5.97. The first-order chi connectivity index (χ1) is 12.2. The third-order valence-corrected chi connectivity index (χ3v) is 4.51. The average Bonchev–Trinajstić information content (AvgIpc) is 3.31. The first kappa shape index (κ1) is 15.8. The highest BCUT2D eigenvalue weighted by Crippen LogP contribution is 2.28. The number of oxazole rings is 1. The Morgan fingerprint density at radius 1 is 1.44 bits per heavy atom. The zero-order chi connectivity index (χ0) is 17.4. The lowest BCUT2D eigenvalue weighted by Crippen LogP contribution is -2.37. The van der Waals surface area contributed by atoms with Gasteiger partial charge < -0.3 is 19.0 Å². The molecule has 0 aliphatic carbocycles. The van der Waals surface area contributed by atoms with Gasteiger partial charge in [-0.05, 0) is 31.5 Å². The molecule has 4 rings (SSSR count). The van der Waals surface area contributed by atoms with Gasteiger partial charge in [0.25, 0.3) is 5.91 Å². The number of ether oxygens (including phenoxy) is 1. The maximum atomic E-state index is 12.7. The van der Waals surface area contributed by atoms with Gasteiger partial charge in [0.1, 0.15) is 17.4 Å². The van der Waals surface area contributed by atoms with Gasteiger partial charge in [0.05, 0.1) is 6.04 Å². The number of nitrogens with zero attached hydrogens (tertiary/aromatic N) is 3. The van der Waals surface area contributed by atoms with E-state index in [4.69, 9.17) is 9.15 Å². The van der Waals surface area contributed by atoms with Crippen LogP contribution in [0, 0.1) is 6.92 Å². The third kappa shape index (κ3) is 2.91. The van der Waals surface area contributed by atoms with E-state index in [-0.39, 0.29) is 18.1 Å². The summed E-state index contributed by atoms with van der Waals surface area (Å²) in [5, 5.41) is 3.08. The Morgan fingerprint density at radius 2 is 2.32 bits per heavy atom. The van der Waals surface area contributed by atoms with Crippen LogP contribution in [0.2, 0.25) is 0 Å². The number of imidazole rings is 1. The standard InChI is InChI=1S/C18H20N4O3/c1-3-22-8-7-19-17(22)16-13(6-9-24-16)21-18(23)12-4-5-15-14(10-12)20-11(2)25-15/h4-5,7-8,10,13,16H,3,6,9H2,1-2H3,(H,21,23)/t13-,16-/m0/s1. The Kier molecular flexibility index (Phi) is 4.01. The summed E-state index contributed by atoms with van der Waals surface area (Å²) in [6, 6.07) is 5.17. The minimum Gasteiger partial charge on any atom is -0.441 e. The number of hydrogen-bond donors (Lipinski definition) is 1. The molecule has 7 nitrogen and oxygen atoms in total. The molecule has 1 aromatic carbocycles. The number of nitrogens with one attached hydrogen (secondary N) is 1. The molecule has 25 heavy (non-hydrogen) atoms. The van der Waals surface area contributed by atoms with Crippen LogP contribution in [0.25, 0.3) is 11.1 Å². The zero-order valence-corrected chi connectivity index (χ0v) is 14.2.